The van der Waals surface area contributed by atoms with E-state index in [1.165, 1.54) is 0 Å². The Labute approximate surface area is 112 Å². The zero-order valence-corrected chi connectivity index (χ0v) is 11.4. The van der Waals surface area contributed by atoms with Crippen molar-refractivity contribution < 1.29 is 19.4 Å². The van der Waals surface area contributed by atoms with Crippen LogP contribution in [0.4, 0.5) is 0 Å². The topological polar surface area (TPSA) is 67.8 Å². The first-order valence-electron chi connectivity index (χ1n) is 6.34. The van der Waals surface area contributed by atoms with Gasteiger partial charge in [0, 0.05) is 17.7 Å². The molecule has 0 aromatic heterocycles. The zero-order chi connectivity index (χ0) is 14.0. The van der Waals surface area contributed by atoms with Gasteiger partial charge in [0.2, 0.25) is 0 Å². The lowest BCUT2D eigenvalue weighted by Crippen LogP contribution is -2.42. The monoisotopic (exact) mass is 265 g/mol. The second kappa shape index (κ2) is 5.48. The molecule has 0 aliphatic carbocycles. The molecule has 0 amide bonds. The number of carbonyl (C=O) groups is 1. The van der Waals surface area contributed by atoms with E-state index in [4.69, 9.17) is 9.47 Å². The first-order chi connectivity index (χ1) is 9.10. The minimum absolute atomic E-state index is 0.158. The van der Waals surface area contributed by atoms with Crippen molar-refractivity contribution in [3.63, 3.8) is 0 Å². The van der Waals surface area contributed by atoms with Crippen molar-refractivity contribution in [2.75, 3.05) is 14.2 Å². The molecule has 0 bridgehead atoms. The first kappa shape index (κ1) is 13.7. The quantitative estimate of drug-likeness (QED) is 0.868. The van der Waals surface area contributed by atoms with Gasteiger partial charge in [-0.15, -0.1) is 0 Å². The van der Waals surface area contributed by atoms with Crippen LogP contribution in [0.15, 0.2) is 12.1 Å². The van der Waals surface area contributed by atoms with Crippen LogP contribution >= 0.6 is 0 Å². The summed E-state index contributed by atoms with van der Waals surface area (Å²) in [6.45, 7) is 2.04. The maximum absolute atomic E-state index is 11.5. The van der Waals surface area contributed by atoms with Crippen molar-refractivity contribution in [1.29, 1.82) is 0 Å². The predicted octanol–water partition coefficient (Wildman–Crippen LogP) is 1.75. The van der Waals surface area contributed by atoms with E-state index >= 15 is 0 Å². The molecule has 19 heavy (non-hydrogen) atoms. The average Bonchev–Trinajstić information content (AvgIpc) is 2.44. The van der Waals surface area contributed by atoms with Crippen molar-refractivity contribution in [2.45, 2.75) is 31.8 Å². The highest BCUT2D eigenvalue weighted by Crippen LogP contribution is 2.37. The molecule has 0 fully saturated rings. The number of ether oxygens (including phenoxy) is 2. The lowest BCUT2D eigenvalue weighted by molar-refractivity contribution is -0.140. The molecule has 2 N–H and O–H groups in total. The van der Waals surface area contributed by atoms with Crippen LogP contribution in [0.3, 0.4) is 0 Å². The summed E-state index contributed by atoms with van der Waals surface area (Å²) < 4.78 is 10.6. The molecule has 2 unspecified atom stereocenters. The maximum Gasteiger partial charge on any atom is 0.325 e. The molecular formula is C14H19NO4. The zero-order valence-electron chi connectivity index (χ0n) is 11.4. The second-order valence-electron chi connectivity index (χ2n) is 4.65. The number of aliphatic carboxylic acids is 1. The summed E-state index contributed by atoms with van der Waals surface area (Å²) in [5.41, 5.74) is 1.69. The van der Waals surface area contributed by atoms with Crippen molar-refractivity contribution >= 4 is 5.97 Å². The molecule has 5 heteroatoms. The van der Waals surface area contributed by atoms with Crippen molar-refractivity contribution in [2.24, 2.45) is 0 Å². The van der Waals surface area contributed by atoms with E-state index < -0.39 is 12.0 Å². The number of methoxy groups -OCH3 is 2. The van der Waals surface area contributed by atoms with Crippen LogP contribution < -0.4 is 14.8 Å². The Morgan fingerprint density at radius 1 is 1.42 bits per heavy atom. The smallest absolute Gasteiger partial charge is 0.325 e. The normalized spacial score (nSPS) is 21.6. The lowest BCUT2D eigenvalue weighted by atomic mass is 9.88. The van der Waals surface area contributed by atoms with Crippen LogP contribution in [0.2, 0.25) is 0 Å². The van der Waals surface area contributed by atoms with Crippen LogP contribution in [0.1, 0.15) is 30.5 Å². The molecule has 1 aromatic rings. The number of carboxylic acid groups (broad SMARTS) is 1. The van der Waals surface area contributed by atoms with E-state index in [9.17, 15) is 9.90 Å². The van der Waals surface area contributed by atoms with Gasteiger partial charge in [0.1, 0.15) is 17.5 Å². The number of benzene rings is 1. The average molecular weight is 265 g/mol. The third-order valence-electron chi connectivity index (χ3n) is 3.55. The molecule has 1 aliphatic rings. The molecule has 5 nitrogen and oxygen atoms in total. The summed E-state index contributed by atoms with van der Waals surface area (Å²) in [5.74, 6) is 0.364. The van der Waals surface area contributed by atoms with Crippen LogP contribution in [0, 0.1) is 0 Å². The van der Waals surface area contributed by atoms with Crippen molar-refractivity contribution in [3.8, 4) is 11.5 Å². The Kier molecular flexibility index (Phi) is 3.95. The van der Waals surface area contributed by atoms with E-state index in [0.717, 1.165) is 18.4 Å². The summed E-state index contributed by atoms with van der Waals surface area (Å²) in [4.78, 5) is 11.5. The summed E-state index contributed by atoms with van der Waals surface area (Å²) in [6.07, 6.45) is 1.66. The highest BCUT2D eigenvalue weighted by molar-refractivity contribution is 5.78. The van der Waals surface area contributed by atoms with Gasteiger partial charge in [-0.1, -0.05) is 6.92 Å². The lowest BCUT2D eigenvalue weighted by Gasteiger charge is -2.31. The number of hydrogen-bond donors (Lipinski definition) is 2. The Morgan fingerprint density at radius 3 is 2.68 bits per heavy atom. The number of rotatable bonds is 4. The fourth-order valence-corrected chi connectivity index (χ4v) is 2.54. The van der Waals surface area contributed by atoms with Crippen LogP contribution in [-0.2, 0) is 11.2 Å². The Morgan fingerprint density at radius 2 is 2.16 bits per heavy atom. The van der Waals surface area contributed by atoms with Gasteiger partial charge in [0.05, 0.1) is 14.2 Å². The molecule has 0 saturated heterocycles. The molecule has 2 rings (SSSR count). The minimum Gasteiger partial charge on any atom is -0.497 e. The van der Waals surface area contributed by atoms with Gasteiger partial charge in [0.25, 0.3) is 0 Å². The number of fused-ring (bicyclic) bond motifs is 1. The van der Waals surface area contributed by atoms with Crippen LogP contribution in [0.5, 0.6) is 11.5 Å². The molecule has 0 radical (unpaired) electrons. The molecule has 1 aromatic carbocycles. The van der Waals surface area contributed by atoms with Crippen molar-refractivity contribution in [1.82, 2.24) is 5.32 Å². The first-order valence-corrected chi connectivity index (χ1v) is 6.34. The molecule has 1 aliphatic heterocycles. The third-order valence-corrected chi connectivity index (χ3v) is 3.55. The predicted molar refractivity (Wildman–Crippen MR) is 70.8 cm³/mol. The van der Waals surface area contributed by atoms with Gasteiger partial charge in [-0.25, -0.2) is 0 Å². The van der Waals surface area contributed by atoms with E-state index in [2.05, 4.69) is 5.32 Å². The maximum atomic E-state index is 11.5. The molecule has 104 valence electrons. The van der Waals surface area contributed by atoms with Gasteiger partial charge in [0.15, 0.2) is 0 Å². The minimum atomic E-state index is -0.886. The van der Waals surface area contributed by atoms with Gasteiger partial charge >= 0.3 is 5.97 Å². The highest BCUT2D eigenvalue weighted by Gasteiger charge is 2.33. The molecular weight excluding hydrogens is 246 g/mol. The fraction of sp³-hybridized carbons (Fsp3) is 0.500. The molecule has 0 spiro atoms. The SMILES string of the molecule is CCC1Cc2cc(OC)cc(OC)c2C(C(=O)O)N1. The van der Waals surface area contributed by atoms with Gasteiger partial charge in [-0.05, 0) is 24.5 Å². The van der Waals surface area contributed by atoms with E-state index in [-0.39, 0.29) is 6.04 Å². The van der Waals surface area contributed by atoms with Crippen molar-refractivity contribution in [3.05, 3.63) is 23.3 Å². The summed E-state index contributed by atoms with van der Waals surface area (Å²) >= 11 is 0. The fourth-order valence-electron chi connectivity index (χ4n) is 2.54. The highest BCUT2D eigenvalue weighted by atomic mass is 16.5. The number of carboxylic acids is 1. The largest absolute Gasteiger partial charge is 0.497 e. The summed E-state index contributed by atoms with van der Waals surface area (Å²) in [7, 11) is 3.13. The van der Waals surface area contributed by atoms with Crippen LogP contribution in [0.25, 0.3) is 0 Å². The number of nitrogens with one attached hydrogen (secondary N) is 1. The van der Waals surface area contributed by atoms with E-state index in [0.29, 0.717) is 17.1 Å². The van der Waals surface area contributed by atoms with E-state index in [1.807, 2.05) is 13.0 Å². The number of hydrogen-bond acceptors (Lipinski definition) is 4. The van der Waals surface area contributed by atoms with Gasteiger partial charge in [-0.3, -0.25) is 10.1 Å². The third kappa shape index (κ3) is 2.51. The Balaban J connectivity index is 2.55. The summed E-state index contributed by atoms with van der Waals surface area (Å²) in [6, 6.07) is 3.06. The van der Waals surface area contributed by atoms with Gasteiger partial charge < -0.3 is 14.6 Å². The Hall–Kier alpha value is -1.75. The van der Waals surface area contributed by atoms with Gasteiger partial charge in [-0.2, -0.15) is 0 Å². The molecule has 2 atom stereocenters. The van der Waals surface area contributed by atoms with Crippen LogP contribution in [-0.4, -0.2) is 31.3 Å². The standard InChI is InChI=1S/C14H19NO4/c1-4-9-5-8-6-10(18-2)7-11(19-3)12(8)13(15-9)14(16)17/h6-7,9,13,15H,4-5H2,1-3H3,(H,16,17). The Bertz CT molecular complexity index is 487. The van der Waals surface area contributed by atoms with E-state index in [1.54, 1.807) is 20.3 Å². The second-order valence-corrected chi connectivity index (χ2v) is 4.65. The molecule has 1 heterocycles. The molecule has 0 saturated carbocycles. The summed E-state index contributed by atoms with van der Waals surface area (Å²) in [5, 5.41) is 12.5.